The zero-order valence-corrected chi connectivity index (χ0v) is 14.8. The van der Waals surface area contributed by atoms with Crippen LogP contribution in [0.5, 0.6) is 0 Å². The molecule has 1 heteroatoms. The lowest BCUT2D eigenvalue weighted by atomic mass is 9.88. The summed E-state index contributed by atoms with van der Waals surface area (Å²) < 4.78 is 0.486. The summed E-state index contributed by atoms with van der Waals surface area (Å²) in [6.07, 6.45) is 23.1. The number of hydrogen-bond acceptors (Lipinski definition) is 0. The lowest BCUT2D eigenvalue weighted by Gasteiger charge is -2.28. The van der Waals surface area contributed by atoms with Crippen LogP contribution in [0.15, 0.2) is 0 Å². The molecule has 0 aromatic heterocycles. The van der Waals surface area contributed by atoms with Crippen LogP contribution in [-0.4, -0.2) is 4.32 Å². The van der Waals surface area contributed by atoms with Gasteiger partial charge in [-0.2, -0.15) is 0 Å². The summed E-state index contributed by atoms with van der Waals surface area (Å²) >= 11 is 4.14. The first-order chi connectivity index (χ1) is 9.27. The van der Waals surface area contributed by atoms with Crippen molar-refractivity contribution in [2.24, 2.45) is 0 Å². The molecule has 1 saturated carbocycles. The number of alkyl halides is 1. The summed E-state index contributed by atoms with van der Waals surface area (Å²) in [4.78, 5) is 0. The molecular weight excluding hydrogens is 296 g/mol. The molecule has 0 amide bonds. The van der Waals surface area contributed by atoms with Crippen molar-refractivity contribution >= 4 is 15.9 Å². The minimum Gasteiger partial charge on any atom is -0.0853 e. The molecule has 0 saturated heterocycles. The van der Waals surface area contributed by atoms with Crippen LogP contribution in [0.1, 0.15) is 110 Å². The number of rotatable bonds is 5. The van der Waals surface area contributed by atoms with Crippen LogP contribution in [0.25, 0.3) is 0 Å². The fourth-order valence-electron chi connectivity index (χ4n) is 3.36. The maximum atomic E-state index is 4.14. The molecule has 19 heavy (non-hydrogen) atoms. The highest BCUT2D eigenvalue weighted by Crippen LogP contribution is 2.37. The van der Waals surface area contributed by atoms with Crippen LogP contribution < -0.4 is 0 Å². The fourth-order valence-corrected chi connectivity index (χ4v) is 4.21. The Kier molecular flexibility index (Phi) is 10.3. The molecular formula is C18H35Br. The van der Waals surface area contributed by atoms with Crippen molar-refractivity contribution in [1.82, 2.24) is 0 Å². The van der Waals surface area contributed by atoms with E-state index in [9.17, 15) is 0 Å². The summed E-state index contributed by atoms with van der Waals surface area (Å²) in [5.74, 6) is 0. The van der Waals surface area contributed by atoms with Crippen molar-refractivity contribution in [2.45, 2.75) is 114 Å². The molecule has 1 fully saturated rings. The van der Waals surface area contributed by atoms with E-state index < -0.39 is 0 Å². The molecule has 0 heterocycles. The van der Waals surface area contributed by atoms with Crippen molar-refractivity contribution in [3.8, 4) is 0 Å². The maximum absolute atomic E-state index is 4.14. The standard InChI is InChI=1S/C18H35Br/c1-2-3-4-12-15-18(19)16-13-10-8-6-5-7-9-11-14-17-18/h2-17H2,1H3. The molecule has 1 aliphatic rings. The molecule has 0 unspecified atom stereocenters. The van der Waals surface area contributed by atoms with E-state index in [1.807, 2.05) is 0 Å². The van der Waals surface area contributed by atoms with Crippen molar-refractivity contribution in [1.29, 1.82) is 0 Å². The Morgan fingerprint density at radius 1 is 0.684 bits per heavy atom. The van der Waals surface area contributed by atoms with Crippen molar-refractivity contribution in [2.75, 3.05) is 0 Å². The monoisotopic (exact) mass is 330 g/mol. The predicted molar refractivity (Wildman–Crippen MR) is 91.2 cm³/mol. The normalized spacial score (nSPS) is 22.4. The first kappa shape index (κ1) is 17.5. The Morgan fingerprint density at radius 3 is 1.63 bits per heavy atom. The molecule has 0 atom stereocenters. The van der Waals surface area contributed by atoms with Crippen LogP contribution in [0.3, 0.4) is 0 Å². The lowest BCUT2D eigenvalue weighted by molar-refractivity contribution is 0.404. The summed E-state index contributed by atoms with van der Waals surface area (Å²) in [5.41, 5.74) is 0. The highest BCUT2D eigenvalue weighted by molar-refractivity contribution is 9.10. The van der Waals surface area contributed by atoms with Gasteiger partial charge in [0, 0.05) is 4.32 Å². The highest BCUT2D eigenvalue weighted by atomic mass is 79.9. The predicted octanol–water partition coefficient (Wildman–Crippen LogP) is 7.40. The van der Waals surface area contributed by atoms with Crippen LogP contribution >= 0.6 is 15.9 Å². The van der Waals surface area contributed by atoms with Crippen LogP contribution in [0.4, 0.5) is 0 Å². The van der Waals surface area contributed by atoms with Crippen LogP contribution in [-0.2, 0) is 0 Å². The first-order valence-electron chi connectivity index (χ1n) is 8.96. The summed E-state index contributed by atoms with van der Waals surface area (Å²) in [5, 5.41) is 0. The van der Waals surface area contributed by atoms with E-state index in [1.54, 1.807) is 0 Å². The van der Waals surface area contributed by atoms with Gasteiger partial charge in [0.05, 0.1) is 0 Å². The SMILES string of the molecule is CCCCCCC1(Br)CCCCCCCCCCC1. The van der Waals surface area contributed by atoms with Crippen molar-refractivity contribution in [3.05, 3.63) is 0 Å². The van der Waals surface area contributed by atoms with Gasteiger partial charge in [-0.1, -0.05) is 106 Å². The van der Waals surface area contributed by atoms with Gasteiger partial charge in [-0.25, -0.2) is 0 Å². The largest absolute Gasteiger partial charge is 0.0853 e. The molecule has 1 aliphatic carbocycles. The van der Waals surface area contributed by atoms with E-state index in [0.29, 0.717) is 4.32 Å². The molecule has 0 aromatic rings. The summed E-state index contributed by atoms with van der Waals surface area (Å²) in [7, 11) is 0. The van der Waals surface area contributed by atoms with E-state index in [-0.39, 0.29) is 0 Å². The third-order valence-corrected chi connectivity index (χ3v) is 5.92. The first-order valence-corrected chi connectivity index (χ1v) is 9.75. The zero-order valence-electron chi connectivity index (χ0n) is 13.2. The average Bonchev–Trinajstić information content (AvgIpc) is 2.39. The summed E-state index contributed by atoms with van der Waals surface area (Å²) in [6.45, 7) is 2.31. The minimum atomic E-state index is 0.486. The molecule has 0 aliphatic heterocycles. The molecule has 0 nitrogen and oxygen atoms in total. The average molecular weight is 331 g/mol. The van der Waals surface area contributed by atoms with Gasteiger partial charge in [-0.05, 0) is 19.3 Å². The second kappa shape index (κ2) is 11.2. The number of halogens is 1. The molecule has 114 valence electrons. The maximum Gasteiger partial charge on any atom is 0.0258 e. The van der Waals surface area contributed by atoms with Gasteiger partial charge >= 0.3 is 0 Å². The zero-order chi connectivity index (χ0) is 13.8. The van der Waals surface area contributed by atoms with Crippen molar-refractivity contribution < 1.29 is 0 Å². The van der Waals surface area contributed by atoms with E-state index in [2.05, 4.69) is 22.9 Å². The van der Waals surface area contributed by atoms with E-state index >= 15 is 0 Å². The Labute approximate surface area is 130 Å². The van der Waals surface area contributed by atoms with Gasteiger partial charge in [0.2, 0.25) is 0 Å². The fraction of sp³-hybridized carbons (Fsp3) is 1.00. The molecule has 0 bridgehead atoms. The van der Waals surface area contributed by atoms with Gasteiger partial charge in [-0.3, -0.25) is 0 Å². The Morgan fingerprint density at radius 2 is 1.16 bits per heavy atom. The van der Waals surface area contributed by atoms with E-state index in [4.69, 9.17) is 0 Å². The Hall–Kier alpha value is 0.480. The molecule has 0 radical (unpaired) electrons. The molecule has 0 N–H and O–H groups in total. The van der Waals surface area contributed by atoms with Crippen molar-refractivity contribution in [3.63, 3.8) is 0 Å². The van der Waals surface area contributed by atoms with Gasteiger partial charge in [0.15, 0.2) is 0 Å². The van der Waals surface area contributed by atoms with Crippen LogP contribution in [0.2, 0.25) is 0 Å². The molecule has 1 rings (SSSR count). The van der Waals surface area contributed by atoms with Gasteiger partial charge in [-0.15, -0.1) is 0 Å². The number of unbranched alkanes of at least 4 members (excludes halogenated alkanes) is 3. The third-order valence-electron chi connectivity index (χ3n) is 4.73. The Balaban J connectivity index is 2.31. The Bertz CT molecular complexity index is 182. The highest BCUT2D eigenvalue weighted by Gasteiger charge is 2.25. The molecule has 0 aromatic carbocycles. The molecule has 0 spiro atoms. The number of hydrogen-bond donors (Lipinski definition) is 0. The second-order valence-electron chi connectivity index (χ2n) is 6.64. The van der Waals surface area contributed by atoms with E-state index in [0.717, 1.165) is 0 Å². The van der Waals surface area contributed by atoms with E-state index in [1.165, 1.54) is 103 Å². The van der Waals surface area contributed by atoms with Gasteiger partial charge in [0.25, 0.3) is 0 Å². The topological polar surface area (TPSA) is 0 Å². The van der Waals surface area contributed by atoms with Gasteiger partial charge < -0.3 is 0 Å². The summed E-state index contributed by atoms with van der Waals surface area (Å²) in [6, 6.07) is 0. The van der Waals surface area contributed by atoms with Crippen LogP contribution in [0, 0.1) is 0 Å². The quantitative estimate of drug-likeness (QED) is 0.364. The third kappa shape index (κ3) is 9.10. The minimum absolute atomic E-state index is 0.486. The second-order valence-corrected chi connectivity index (χ2v) is 8.33. The lowest BCUT2D eigenvalue weighted by Crippen LogP contribution is -2.21. The van der Waals surface area contributed by atoms with Gasteiger partial charge in [0.1, 0.15) is 0 Å². The smallest absolute Gasteiger partial charge is 0.0258 e.